The molecule has 1 aliphatic rings. The topological polar surface area (TPSA) is 37.3 Å². The fourth-order valence-corrected chi connectivity index (χ4v) is 2.49. The van der Waals surface area contributed by atoms with Crippen molar-refractivity contribution in [3.63, 3.8) is 0 Å². The van der Waals surface area contributed by atoms with Crippen molar-refractivity contribution in [2.45, 2.75) is 19.3 Å². The van der Waals surface area contributed by atoms with E-state index in [1.807, 2.05) is 13.0 Å². The Labute approximate surface area is 74.8 Å². The summed E-state index contributed by atoms with van der Waals surface area (Å²) >= 11 is 1.72. The Morgan fingerprint density at radius 1 is 1.67 bits per heavy atom. The Morgan fingerprint density at radius 3 is 2.83 bits per heavy atom. The standard InChI is InChI=1S/C9H10O2S/c1-5-2-3-8(12-5)6-4-7(6)9(10)11/h2-3,6-7H,4H2,1H3,(H,10,11). The van der Waals surface area contributed by atoms with Crippen LogP contribution in [0.5, 0.6) is 0 Å². The lowest BCUT2D eigenvalue weighted by Crippen LogP contribution is -1.97. The van der Waals surface area contributed by atoms with Gasteiger partial charge in [-0.15, -0.1) is 11.3 Å². The van der Waals surface area contributed by atoms with Gasteiger partial charge >= 0.3 is 5.97 Å². The third-order valence-corrected chi connectivity index (χ3v) is 3.37. The molecule has 3 heteroatoms. The van der Waals surface area contributed by atoms with Crippen LogP contribution >= 0.6 is 11.3 Å². The Balaban J connectivity index is 2.10. The Bertz CT molecular complexity index is 316. The summed E-state index contributed by atoms with van der Waals surface area (Å²) in [6, 6.07) is 4.10. The number of rotatable bonds is 2. The van der Waals surface area contributed by atoms with Gasteiger partial charge in [0.1, 0.15) is 0 Å². The highest BCUT2D eigenvalue weighted by molar-refractivity contribution is 7.12. The molecule has 0 bridgehead atoms. The van der Waals surface area contributed by atoms with Crippen molar-refractivity contribution in [2.75, 3.05) is 0 Å². The number of carbonyl (C=O) groups is 1. The maximum Gasteiger partial charge on any atom is 0.307 e. The molecule has 0 radical (unpaired) electrons. The van der Waals surface area contributed by atoms with Crippen molar-refractivity contribution < 1.29 is 9.90 Å². The van der Waals surface area contributed by atoms with Crippen LogP contribution in [-0.4, -0.2) is 11.1 Å². The van der Waals surface area contributed by atoms with E-state index in [4.69, 9.17) is 5.11 Å². The van der Waals surface area contributed by atoms with E-state index >= 15 is 0 Å². The molecule has 12 heavy (non-hydrogen) atoms. The number of thiophene rings is 1. The van der Waals surface area contributed by atoms with Crippen molar-refractivity contribution in [1.82, 2.24) is 0 Å². The number of hydrogen-bond acceptors (Lipinski definition) is 2. The maximum absolute atomic E-state index is 10.6. The first-order valence-corrected chi connectivity index (χ1v) is 4.79. The smallest absolute Gasteiger partial charge is 0.307 e. The van der Waals surface area contributed by atoms with Crippen LogP contribution in [0, 0.1) is 12.8 Å². The van der Waals surface area contributed by atoms with E-state index in [1.54, 1.807) is 11.3 Å². The molecule has 64 valence electrons. The molecule has 2 rings (SSSR count). The fraction of sp³-hybridized carbons (Fsp3) is 0.444. The second-order valence-electron chi connectivity index (χ2n) is 3.24. The third kappa shape index (κ3) is 1.25. The first kappa shape index (κ1) is 7.80. The van der Waals surface area contributed by atoms with Crippen molar-refractivity contribution in [2.24, 2.45) is 5.92 Å². The normalized spacial score (nSPS) is 27.1. The van der Waals surface area contributed by atoms with Crippen LogP contribution in [0.4, 0.5) is 0 Å². The van der Waals surface area contributed by atoms with Crippen LogP contribution < -0.4 is 0 Å². The average Bonchev–Trinajstić information content (AvgIpc) is 2.70. The fourth-order valence-electron chi connectivity index (χ4n) is 1.44. The second kappa shape index (κ2) is 2.59. The number of carboxylic acids is 1. The Kier molecular flexibility index (Phi) is 1.68. The highest BCUT2D eigenvalue weighted by atomic mass is 32.1. The molecule has 0 amide bonds. The highest BCUT2D eigenvalue weighted by Crippen LogP contribution is 2.49. The Hall–Kier alpha value is -0.830. The largest absolute Gasteiger partial charge is 0.481 e. The number of hydrogen-bond donors (Lipinski definition) is 1. The van der Waals surface area contributed by atoms with E-state index in [9.17, 15) is 4.79 Å². The lowest BCUT2D eigenvalue weighted by atomic mass is 10.3. The zero-order valence-corrected chi connectivity index (χ0v) is 7.60. The molecular formula is C9H10O2S. The van der Waals surface area contributed by atoms with Gasteiger partial charge in [0, 0.05) is 15.7 Å². The first-order valence-electron chi connectivity index (χ1n) is 3.97. The SMILES string of the molecule is Cc1ccc(C2CC2C(=O)O)s1. The summed E-state index contributed by atoms with van der Waals surface area (Å²) in [4.78, 5) is 13.1. The van der Waals surface area contributed by atoms with Gasteiger partial charge in [0.05, 0.1) is 5.92 Å². The van der Waals surface area contributed by atoms with Gasteiger partial charge in [-0.05, 0) is 25.5 Å². The zero-order chi connectivity index (χ0) is 8.72. The first-order chi connectivity index (χ1) is 5.68. The summed E-state index contributed by atoms with van der Waals surface area (Å²) in [6.07, 6.45) is 0.829. The van der Waals surface area contributed by atoms with Gasteiger partial charge in [-0.25, -0.2) is 0 Å². The summed E-state index contributed by atoms with van der Waals surface area (Å²) in [5.74, 6) is -0.449. The predicted octanol–water partition coefficient (Wildman–Crippen LogP) is 2.24. The van der Waals surface area contributed by atoms with Gasteiger partial charge in [-0.2, -0.15) is 0 Å². The monoisotopic (exact) mass is 182 g/mol. The van der Waals surface area contributed by atoms with Crippen LogP contribution in [0.15, 0.2) is 12.1 Å². The Morgan fingerprint density at radius 2 is 2.42 bits per heavy atom. The average molecular weight is 182 g/mol. The van der Waals surface area contributed by atoms with Crippen LogP contribution in [0.1, 0.15) is 22.1 Å². The molecule has 0 aromatic carbocycles. The molecule has 1 aromatic rings. The van der Waals surface area contributed by atoms with Crippen LogP contribution in [0.2, 0.25) is 0 Å². The van der Waals surface area contributed by atoms with Crippen molar-refractivity contribution >= 4 is 17.3 Å². The van der Waals surface area contributed by atoms with E-state index in [1.165, 1.54) is 9.75 Å². The van der Waals surface area contributed by atoms with Crippen molar-refractivity contribution in [1.29, 1.82) is 0 Å². The second-order valence-corrected chi connectivity index (χ2v) is 4.55. The minimum atomic E-state index is -0.647. The molecule has 1 saturated carbocycles. The van der Waals surface area contributed by atoms with E-state index in [2.05, 4.69) is 6.07 Å². The van der Waals surface area contributed by atoms with Crippen molar-refractivity contribution in [3.05, 3.63) is 21.9 Å². The molecule has 1 aliphatic carbocycles. The van der Waals surface area contributed by atoms with Gasteiger partial charge in [0.25, 0.3) is 0 Å². The lowest BCUT2D eigenvalue weighted by molar-refractivity contribution is -0.138. The van der Waals surface area contributed by atoms with Gasteiger partial charge in [-0.1, -0.05) is 0 Å². The summed E-state index contributed by atoms with van der Waals surface area (Å²) in [6.45, 7) is 2.05. The predicted molar refractivity (Wildman–Crippen MR) is 47.5 cm³/mol. The molecule has 2 atom stereocenters. The zero-order valence-electron chi connectivity index (χ0n) is 6.78. The summed E-state index contributed by atoms with van der Waals surface area (Å²) in [5.41, 5.74) is 0. The van der Waals surface area contributed by atoms with E-state index in [0.717, 1.165) is 6.42 Å². The third-order valence-electron chi connectivity index (χ3n) is 2.23. The van der Waals surface area contributed by atoms with E-state index < -0.39 is 5.97 Å². The quantitative estimate of drug-likeness (QED) is 0.761. The van der Waals surface area contributed by atoms with Crippen LogP contribution in [0.3, 0.4) is 0 Å². The van der Waals surface area contributed by atoms with E-state index in [0.29, 0.717) is 5.92 Å². The molecule has 2 nitrogen and oxygen atoms in total. The van der Waals surface area contributed by atoms with Gasteiger partial charge < -0.3 is 5.11 Å². The molecule has 1 heterocycles. The number of carboxylic acid groups (broad SMARTS) is 1. The van der Waals surface area contributed by atoms with Crippen LogP contribution in [-0.2, 0) is 4.79 Å². The van der Waals surface area contributed by atoms with Crippen molar-refractivity contribution in [3.8, 4) is 0 Å². The molecular weight excluding hydrogens is 172 g/mol. The van der Waals surface area contributed by atoms with E-state index in [-0.39, 0.29) is 5.92 Å². The molecule has 1 N–H and O–H groups in total. The lowest BCUT2D eigenvalue weighted by Gasteiger charge is -1.89. The summed E-state index contributed by atoms with van der Waals surface area (Å²) in [5, 5.41) is 8.70. The maximum atomic E-state index is 10.6. The molecule has 0 aliphatic heterocycles. The van der Waals surface area contributed by atoms with Crippen LogP contribution in [0.25, 0.3) is 0 Å². The highest BCUT2D eigenvalue weighted by Gasteiger charge is 2.44. The molecule has 2 unspecified atom stereocenters. The van der Waals surface area contributed by atoms with Gasteiger partial charge in [-0.3, -0.25) is 4.79 Å². The number of aliphatic carboxylic acids is 1. The summed E-state index contributed by atoms with van der Waals surface area (Å²) in [7, 11) is 0. The van der Waals surface area contributed by atoms with Gasteiger partial charge in [0.15, 0.2) is 0 Å². The molecule has 0 saturated heterocycles. The van der Waals surface area contributed by atoms with Gasteiger partial charge in [0.2, 0.25) is 0 Å². The molecule has 1 fully saturated rings. The molecule has 1 aromatic heterocycles. The minimum Gasteiger partial charge on any atom is -0.481 e. The summed E-state index contributed by atoms with van der Waals surface area (Å²) < 4.78 is 0. The minimum absolute atomic E-state index is 0.108. The number of aryl methyl sites for hydroxylation is 1. The molecule has 0 spiro atoms.